The van der Waals surface area contributed by atoms with E-state index in [1.54, 1.807) is 24.3 Å². The molecular weight excluding hydrogens is 184 g/mol. The van der Waals surface area contributed by atoms with Gasteiger partial charge in [0, 0.05) is 16.6 Å². The van der Waals surface area contributed by atoms with Gasteiger partial charge in [-0.3, -0.25) is 10.1 Å². The van der Waals surface area contributed by atoms with Gasteiger partial charge < -0.3 is 5.21 Å². The number of benzene rings is 1. The summed E-state index contributed by atoms with van der Waals surface area (Å²) >= 11 is 0. The minimum absolute atomic E-state index is 0.450. The van der Waals surface area contributed by atoms with Crippen LogP contribution in [0.1, 0.15) is 5.56 Å². The molecule has 0 aromatic heterocycles. The average Bonchev–Trinajstić information content (AvgIpc) is 2.17. The van der Waals surface area contributed by atoms with E-state index < -0.39 is 11.0 Å². The molecule has 2 rings (SSSR count). The zero-order valence-electron chi connectivity index (χ0n) is 7.16. The molecule has 0 bridgehead atoms. The molecule has 0 amide bonds. The minimum Gasteiger partial charge on any atom is -0.618 e. The Balaban J connectivity index is 2.44. The van der Waals surface area contributed by atoms with E-state index in [2.05, 4.69) is 0 Å². The molecule has 1 atom stereocenters. The van der Waals surface area contributed by atoms with Crippen molar-refractivity contribution in [3.05, 3.63) is 51.6 Å². The fourth-order valence-electron chi connectivity index (χ4n) is 1.39. The number of hydrogen-bond acceptors (Lipinski definition) is 3. The van der Waals surface area contributed by atoms with Gasteiger partial charge in [0.05, 0.1) is 6.42 Å². The van der Waals surface area contributed by atoms with Gasteiger partial charge in [0.1, 0.15) is 0 Å². The number of hydrogen-bond donors (Lipinski definition) is 0. The Morgan fingerprint density at radius 1 is 1.36 bits per heavy atom. The van der Waals surface area contributed by atoms with E-state index in [1.807, 2.05) is 0 Å². The van der Waals surface area contributed by atoms with Crippen molar-refractivity contribution in [1.29, 1.82) is 0 Å². The lowest BCUT2D eigenvalue weighted by Gasteiger charge is -2.14. The number of rotatable bonds is 1. The summed E-state index contributed by atoms with van der Waals surface area (Å²) in [5, 5.41) is 21.8. The summed E-state index contributed by atoms with van der Waals surface area (Å²) in [4.78, 5) is 9.99. The standard InChI is InChI=1S/C9H7N2O3/c12-10-6-8(11(13)14)5-7-3-1-2-4-9(7)10/h1-6,8H/t8-/m1/s1. The third kappa shape index (κ3) is 1.32. The summed E-state index contributed by atoms with van der Waals surface area (Å²) in [7, 11) is 0. The first-order valence-electron chi connectivity index (χ1n) is 4.07. The highest BCUT2D eigenvalue weighted by molar-refractivity contribution is 5.68. The lowest BCUT2D eigenvalue weighted by Crippen LogP contribution is -2.29. The molecule has 1 aliphatic rings. The van der Waals surface area contributed by atoms with Crippen LogP contribution < -0.4 is 0 Å². The van der Waals surface area contributed by atoms with E-state index in [0.717, 1.165) is 6.21 Å². The molecule has 1 heterocycles. The van der Waals surface area contributed by atoms with Crippen LogP contribution in [0.15, 0.2) is 24.3 Å². The highest BCUT2D eigenvalue weighted by atomic mass is 16.6. The zero-order chi connectivity index (χ0) is 10.1. The maximum absolute atomic E-state index is 11.3. The Morgan fingerprint density at radius 2 is 2.07 bits per heavy atom. The molecule has 14 heavy (non-hydrogen) atoms. The number of para-hydroxylation sites is 1. The Kier molecular flexibility index (Phi) is 1.92. The van der Waals surface area contributed by atoms with E-state index in [0.29, 0.717) is 16.0 Å². The zero-order valence-corrected chi connectivity index (χ0v) is 7.16. The second-order valence-corrected chi connectivity index (χ2v) is 2.98. The molecule has 1 aliphatic heterocycles. The summed E-state index contributed by atoms with van der Waals surface area (Å²) in [6, 6.07) is 5.75. The van der Waals surface area contributed by atoms with Crippen molar-refractivity contribution in [2.45, 2.75) is 6.04 Å². The summed E-state index contributed by atoms with van der Waals surface area (Å²) in [6.45, 7) is 0. The molecule has 0 saturated heterocycles. The van der Waals surface area contributed by atoms with Crippen LogP contribution >= 0.6 is 0 Å². The third-order valence-electron chi connectivity index (χ3n) is 2.06. The first kappa shape index (κ1) is 8.68. The summed E-state index contributed by atoms with van der Waals surface area (Å²) in [5.41, 5.74) is 1.05. The van der Waals surface area contributed by atoms with E-state index >= 15 is 0 Å². The lowest BCUT2D eigenvalue weighted by atomic mass is 10.0. The molecule has 1 aromatic carbocycles. The van der Waals surface area contributed by atoms with Gasteiger partial charge in [0.15, 0.2) is 0 Å². The highest BCUT2D eigenvalue weighted by Gasteiger charge is 2.30. The van der Waals surface area contributed by atoms with E-state index in [1.165, 1.54) is 6.42 Å². The normalized spacial score (nSPS) is 19.7. The van der Waals surface area contributed by atoms with Crippen LogP contribution in [0.25, 0.3) is 0 Å². The van der Waals surface area contributed by atoms with Gasteiger partial charge in [0.25, 0.3) is 6.04 Å². The van der Waals surface area contributed by atoms with Gasteiger partial charge in [0.2, 0.25) is 11.9 Å². The molecule has 0 aliphatic carbocycles. The van der Waals surface area contributed by atoms with Crippen molar-refractivity contribution in [1.82, 2.24) is 0 Å². The van der Waals surface area contributed by atoms with Gasteiger partial charge >= 0.3 is 0 Å². The van der Waals surface area contributed by atoms with Crippen molar-refractivity contribution < 1.29 is 9.66 Å². The first-order valence-corrected chi connectivity index (χ1v) is 4.07. The highest BCUT2D eigenvalue weighted by Crippen LogP contribution is 2.24. The topological polar surface area (TPSA) is 69.2 Å². The third-order valence-corrected chi connectivity index (χ3v) is 2.06. The fraction of sp³-hybridized carbons (Fsp3) is 0.111. The van der Waals surface area contributed by atoms with Crippen LogP contribution in [0, 0.1) is 21.7 Å². The summed E-state index contributed by atoms with van der Waals surface area (Å²) < 4.78 is 0.544. The van der Waals surface area contributed by atoms with Gasteiger partial charge in [-0.2, -0.15) is 4.74 Å². The van der Waals surface area contributed by atoms with Crippen LogP contribution in [0.4, 0.5) is 5.69 Å². The van der Waals surface area contributed by atoms with Crippen LogP contribution in [0.3, 0.4) is 0 Å². The molecule has 5 nitrogen and oxygen atoms in total. The molecule has 0 spiro atoms. The lowest BCUT2D eigenvalue weighted by molar-refractivity contribution is -0.504. The predicted octanol–water partition coefficient (Wildman–Crippen LogP) is 1.11. The number of fused-ring (bicyclic) bond motifs is 1. The van der Waals surface area contributed by atoms with Gasteiger partial charge in [-0.15, -0.1) is 0 Å². The summed E-state index contributed by atoms with van der Waals surface area (Å²) in [6.07, 6.45) is 2.51. The van der Waals surface area contributed by atoms with Crippen molar-refractivity contribution in [2.24, 2.45) is 0 Å². The van der Waals surface area contributed by atoms with Crippen LogP contribution in [0.2, 0.25) is 0 Å². The van der Waals surface area contributed by atoms with E-state index in [4.69, 9.17) is 0 Å². The van der Waals surface area contributed by atoms with Crippen molar-refractivity contribution in [3.8, 4) is 0 Å². The predicted molar refractivity (Wildman–Crippen MR) is 50.0 cm³/mol. The fourth-order valence-corrected chi connectivity index (χ4v) is 1.39. The maximum atomic E-state index is 11.3. The average molecular weight is 191 g/mol. The number of nitrogens with zero attached hydrogens (tertiary/aromatic N) is 2. The quantitative estimate of drug-likeness (QED) is 0.289. The van der Waals surface area contributed by atoms with Crippen molar-refractivity contribution in [3.63, 3.8) is 0 Å². The minimum atomic E-state index is -1.03. The molecule has 5 heteroatoms. The second kappa shape index (κ2) is 3.10. The molecule has 1 aromatic rings. The molecule has 1 radical (unpaired) electrons. The van der Waals surface area contributed by atoms with Crippen molar-refractivity contribution >= 4 is 11.9 Å². The molecular formula is C9H7N2O3. The van der Waals surface area contributed by atoms with Crippen LogP contribution in [-0.4, -0.2) is 21.9 Å². The Hall–Kier alpha value is -1.91. The van der Waals surface area contributed by atoms with E-state index in [-0.39, 0.29) is 0 Å². The van der Waals surface area contributed by atoms with Crippen molar-refractivity contribution in [2.75, 3.05) is 0 Å². The molecule has 0 fully saturated rings. The van der Waals surface area contributed by atoms with Gasteiger partial charge in [-0.25, -0.2) is 0 Å². The second-order valence-electron chi connectivity index (χ2n) is 2.98. The first-order chi connectivity index (χ1) is 6.68. The maximum Gasteiger partial charge on any atom is 0.297 e. The van der Waals surface area contributed by atoms with Crippen LogP contribution in [0.5, 0.6) is 0 Å². The van der Waals surface area contributed by atoms with Gasteiger partial charge in [-0.1, -0.05) is 18.2 Å². The van der Waals surface area contributed by atoms with Gasteiger partial charge in [-0.05, 0) is 0 Å². The van der Waals surface area contributed by atoms with Crippen LogP contribution in [-0.2, 0) is 0 Å². The number of nitro groups is 1. The Morgan fingerprint density at radius 3 is 2.79 bits per heavy atom. The Labute approximate surface area is 80.0 Å². The summed E-state index contributed by atoms with van der Waals surface area (Å²) in [5.74, 6) is 0. The molecule has 0 saturated carbocycles. The Bertz CT molecular complexity index is 414. The van der Waals surface area contributed by atoms with E-state index in [9.17, 15) is 15.3 Å². The molecule has 0 unspecified atom stereocenters. The smallest absolute Gasteiger partial charge is 0.297 e. The molecule has 71 valence electrons. The largest absolute Gasteiger partial charge is 0.618 e. The monoisotopic (exact) mass is 191 g/mol. The molecule has 0 N–H and O–H groups in total. The SMILES string of the molecule is O=[N+]([O-])[C@@H]1[CH]c2ccccc2[N+]([O-])=C1.